The molecule has 1 unspecified atom stereocenters. The van der Waals surface area contributed by atoms with Gasteiger partial charge in [0, 0.05) is 23.3 Å². The van der Waals surface area contributed by atoms with Crippen molar-refractivity contribution in [3.8, 4) is 11.5 Å². The first-order valence-electron chi connectivity index (χ1n) is 11.7. The van der Waals surface area contributed by atoms with Gasteiger partial charge in [0.25, 0.3) is 5.69 Å². The molecule has 0 heterocycles. The number of non-ortho nitro benzene ring substituents is 1. The molecule has 0 aromatic heterocycles. The van der Waals surface area contributed by atoms with Crippen LogP contribution in [0, 0.1) is 21.4 Å². The van der Waals surface area contributed by atoms with Crippen LogP contribution in [-0.4, -0.2) is 16.6 Å². The maximum atomic E-state index is 10.9. The Bertz CT molecular complexity index is 922. The quantitative estimate of drug-likeness (QED) is 0.345. The van der Waals surface area contributed by atoms with Crippen LogP contribution in [0.3, 0.4) is 0 Å². The Kier molecular flexibility index (Phi) is 7.88. The van der Waals surface area contributed by atoms with E-state index in [1.165, 1.54) is 0 Å². The molecule has 5 heteroatoms. The molecule has 0 spiro atoms. The fourth-order valence-electron chi connectivity index (χ4n) is 4.03. The molecule has 0 radical (unpaired) electrons. The molecule has 0 aliphatic rings. The highest BCUT2D eigenvalue weighted by Crippen LogP contribution is 2.42. The Morgan fingerprint density at radius 2 is 1.39 bits per heavy atom. The standard InChI is InChI=1S/C28H41NO4/c1-26(2,3)20(16-19-10-12-21(13-11-19)29(31)32)14-15-33-22-17-23(27(4,5)6)25(30)24(18-22)28(7,8)9/h10-13,17-18,20,30H,14-16H2,1-9H3. The van der Waals surface area contributed by atoms with Crippen molar-refractivity contribution in [2.24, 2.45) is 11.3 Å². The van der Waals surface area contributed by atoms with E-state index in [4.69, 9.17) is 4.74 Å². The van der Waals surface area contributed by atoms with E-state index in [1.54, 1.807) is 12.1 Å². The number of hydrogen-bond acceptors (Lipinski definition) is 4. The van der Waals surface area contributed by atoms with E-state index in [0.29, 0.717) is 18.3 Å². The predicted molar refractivity (Wildman–Crippen MR) is 135 cm³/mol. The number of phenolic OH excluding ortho intramolecular Hbond substituents is 1. The highest BCUT2D eigenvalue weighted by molar-refractivity contribution is 5.52. The van der Waals surface area contributed by atoms with Gasteiger partial charge < -0.3 is 9.84 Å². The lowest BCUT2D eigenvalue weighted by molar-refractivity contribution is -0.384. The molecule has 0 fully saturated rings. The number of hydrogen-bond donors (Lipinski definition) is 1. The summed E-state index contributed by atoms with van der Waals surface area (Å²) in [5.41, 5.74) is 2.65. The average molecular weight is 456 g/mol. The molecule has 0 aliphatic carbocycles. The van der Waals surface area contributed by atoms with Crippen molar-refractivity contribution in [2.45, 2.75) is 86.0 Å². The summed E-state index contributed by atoms with van der Waals surface area (Å²) in [6.45, 7) is 19.8. The van der Waals surface area contributed by atoms with Crippen LogP contribution in [0.5, 0.6) is 11.5 Å². The molecule has 0 saturated heterocycles. The van der Waals surface area contributed by atoms with Crippen LogP contribution in [0.4, 0.5) is 5.69 Å². The lowest BCUT2D eigenvalue weighted by Gasteiger charge is -2.31. The van der Waals surface area contributed by atoms with E-state index in [2.05, 4.69) is 62.3 Å². The molecule has 0 aliphatic heterocycles. The molecule has 33 heavy (non-hydrogen) atoms. The van der Waals surface area contributed by atoms with Crippen LogP contribution in [0.2, 0.25) is 0 Å². The molecule has 5 nitrogen and oxygen atoms in total. The molecule has 0 amide bonds. The van der Waals surface area contributed by atoms with Crippen molar-refractivity contribution < 1.29 is 14.8 Å². The predicted octanol–water partition coefficient (Wildman–Crippen LogP) is 7.57. The van der Waals surface area contributed by atoms with Crippen molar-refractivity contribution in [1.29, 1.82) is 0 Å². The molecule has 0 bridgehead atoms. The van der Waals surface area contributed by atoms with Gasteiger partial charge in [0.05, 0.1) is 11.5 Å². The second-order valence-corrected chi connectivity index (χ2v) is 12.2. The molecule has 1 N–H and O–H groups in total. The van der Waals surface area contributed by atoms with Gasteiger partial charge in [-0.15, -0.1) is 0 Å². The fraction of sp³-hybridized carbons (Fsp3) is 0.571. The molecule has 2 rings (SSSR count). The zero-order chi connectivity index (χ0) is 25.2. The van der Waals surface area contributed by atoms with Gasteiger partial charge in [-0.25, -0.2) is 0 Å². The van der Waals surface area contributed by atoms with E-state index >= 15 is 0 Å². The van der Waals surface area contributed by atoms with Crippen LogP contribution in [0.15, 0.2) is 36.4 Å². The molecular weight excluding hydrogens is 414 g/mol. The van der Waals surface area contributed by atoms with E-state index in [0.717, 1.165) is 35.3 Å². The van der Waals surface area contributed by atoms with Crippen molar-refractivity contribution in [3.05, 3.63) is 63.2 Å². The first-order valence-corrected chi connectivity index (χ1v) is 11.7. The van der Waals surface area contributed by atoms with Gasteiger partial charge in [-0.2, -0.15) is 0 Å². The first-order chi connectivity index (χ1) is 15.0. The Morgan fingerprint density at radius 3 is 1.79 bits per heavy atom. The van der Waals surface area contributed by atoms with Crippen LogP contribution < -0.4 is 4.74 Å². The Morgan fingerprint density at radius 1 is 0.909 bits per heavy atom. The largest absolute Gasteiger partial charge is 0.507 e. The third kappa shape index (κ3) is 7.21. The zero-order valence-electron chi connectivity index (χ0n) is 21.8. The summed E-state index contributed by atoms with van der Waals surface area (Å²) >= 11 is 0. The molecule has 182 valence electrons. The van der Waals surface area contributed by atoms with Gasteiger partial charge in [-0.3, -0.25) is 10.1 Å². The Balaban J connectivity index is 2.20. The summed E-state index contributed by atoms with van der Waals surface area (Å²) in [6.07, 6.45) is 1.69. The van der Waals surface area contributed by atoms with Gasteiger partial charge in [-0.05, 0) is 52.7 Å². The SMILES string of the molecule is CC(C)(C)c1cc(OCCC(Cc2ccc([N+](=O)[O-])cc2)C(C)(C)C)cc(C(C)(C)C)c1O. The zero-order valence-corrected chi connectivity index (χ0v) is 21.8. The minimum Gasteiger partial charge on any atom is -0.507 e. The second-order valence-electron chi connectivity index (χ2n) is 12.2. The normalized spacial score (nSPS) is 13.6. The number of aromatic hydroxyl groups is 1. The lowest BCUT2D eigenvalue weighted by atomic mass is 9.75. The van der Waals surface area contributed by atoms with Crippen molar-refractivity contribution in [3.63, 3.8) is 0 Å². The van der Waals surface area contributed by atoms with E-state index < -0.39 is 0 Å². The smallest absolute Gasteiger partial charge is 0.269 e. The number of nitrogens with zero attached hydrogens (tertiary/aromatic N) is 1. The third-order valence-corrected chi connectivity index (χ3v) is 6.29. The monoisotopic (exact) mass is 455 g/mol. The molecular formula is C28H41NO4. The summed E-state index contributed by atoms with van der Waals surface area (Å²) < 4.78 is 6.25. The second kappa shape index (κ2) is 9.74. The summed E-state index contributed by atoms with van der Waals surface area (Å²) in [5, 5.41) is 21.9. The molecule has 0 saturated carbocycles. The summed E-state index contributed by atoms with van der Waals surface area (Å²) in [6, 6.07) is 10.8. The van der Waals surface area contributed by atoms with Crippen molar-refractivity contribution >= 4 is 5.69 Å². The highest BCUT2D eigenvalue weighted by atomic mass is 16.6. The van der Waals surface area contributed by atoms with Crippen molar-refractivity contribution in [1.82, 2.24) is 0 Å². The molecule has 2 aromatic carbocycles. The van der Waals surface area contributed by atoms with Gasteiger partial charge >= 0.3 is 0 Å². The summed E-state index contributed by atoms with van der Waals surface area (Å²) in [4.78, 5) is 10.6. The minimum absolute atomic E-state index is 0.0627. The van der Waals surface area contributed by atoms with Crippen LogP contribution >= 0.6 is 0 Å². The van der Waals surface area contributed by atoms with Crippen molar-refractivity contribution in [2.75, 3.05) is 6.61 Å². The number of nitro benzene ring substituents is 1. The third-order valence-electron chi connectivity index (χ3n) is 6.29. The van der Waals surface area contributed by atoms with Gasteiger partial charge in [0.1, 0.15) is 11.5 Å². The van der Waals surface area contributed by atoms with Gasteiger partial charge in [-0.1, -0.05) is 74.4 Å². The average Bonchev–Trinajstić information content (AvgIpc) is 2.66. The van der Waals surface area contributed by atoms with Crippen LogP contribution in [0.25, 0.3) is 0 Å². The molecule has 1 atom stereocenters. The summed E-state index contributed by atoms with van der Waals surface area (Å²) in [5.74, 6) is 1.49. The Labute approximate surface area is 199 Å². The number of nitro groups is 1. The number of ether oxygens (including phenoxy) is 1. The maximum absolute atomic E-state index is 10.9. The number of phenols is 1. The van der Waals surface area contributed by atoms with E-state index in [-0.39, 0.29) is 26.9 Å². The van der Waals surface area contributed by atoms with Gasteiger partial charge in [0.15, 0.2) is 0 Å². The highest BCUT2D eigenvalue weighted by Gasteiger charge is 2.28. The van der Waals surface area contributed by atoms with Gasteiger partial charge in [0.2, 0.25) is 0 Å². The minimum atomic E-state index is -0.367. The summed E-state index contributed by atoms with van der Waals surface area (Å²) in [7, 11) is 0. The van der Waals surface area contributed by atoms with Crippen LogP contribution in [0.1, 0.15) is 85.4 Å². The number of benzene rings is 2. The topological polar surface area (TPSA) is 72.6 Å². The van der Waals surface area contributed by atoms with Crippen LogP contribution in [-0.2, 0) is 17.3 Å². The van der Waals surface area contributed by atoms with E-state index in [9.17, 15) is 15.2 Å². The first kappa shape index (κ1) is 26.7. The van der Waals surface area contributed by atoms with E-state index in [1.807, 2.05) is 24.3 Å². The number of rotatable bonds is 7. The lowest BCUT2D eigenvalue weighted by Crippen LogP contribution is -2.25. The molecule has 2 aromatic rings. The fourth-order valence-corrected chi connectivity index (χ4v) is 4.03. The maximum Gasteiger partial charge on any atom is 0.269 e. The Hall–Kier alpha value is -2.56.